The summed E-state index contributed by atoms with van der Waals surface area (Å²) in [6.07, 6.45) is 0. The van der Waals surface area contributed by atoms with Crippen LogP contribution in [0.5, 0.6) is 0 Å². The molecule has 0 bridgehead atoms. The highest BCUT2D eigenvalue weighted by Gasteiger charge is 2.25. The molecule has 1 aromatic carbocycles. The standard InChI is InChI=1S/C13H20N2O/c1-9(2)15-10(3)7-14-13-11(8-16)5-4-6-12(13)15/h4-6,9-10,14,16H,7-8H2,1-3H3. The van der Waals surface area contributed by atoms with Crippen molar-refractivity contribution >= 4 is 11.4 Å². The van der Waals surface area contributed by atoms with Crippen molar-refractivity contribution in [2.24, 2.45) is 0 Å². The molecule has 0 aromatic heterocycles. The van der Waals surface area contributed by atoms with Crippen molar-refractivity contribution in [3.63, 3.8) is 0 Å². The van der Waals surface area contributed by atoms with Crippen LogP contribution in [0.4, 0.5) is 11.4 Å². The summed E-state index contributed by atoms with van der Waals surface area (Å²) in [5.74, 6) is 0. The molecule has 16 heavy (non-hydrogen) atoms. The maximum Gasteiger partial charge on any atom is 0.0702 e. The molecule has 3 heteroatoms. The third-order valence-corrected chi connectivity index (χ3v) is 3.18. The monoisotopic (exact) mass is 220 g/mol. The summed E-state index contributed by atoms with van der Waals surface area (Å²) in [7, 11) is 0. The fourth-order valence-corrected chi connectivity index (χ4v) is 2.51. The summed E-state index contributed by atoms with van der Waals surface area (Å²) in [5, 5.41) is 12.7. The second-order valence-electron chi connectivity index (χ2n) is 4.70. The largest absolute Gasteiger partial charge is 0.392 e. The molecule has 2 rings (SSSR count). The van der Waals surface area contributed by atoms with E-state index in [1.165, 1.54) is 5.69 Å². The third-order valence-electron chi connectivity index (χ3n) is 3.18. The molecule has 0 spiro atoms. The average molecular weight is 220 g/mol. The van der Waals surface area contributed by atoms with Crippen LogP contribution in [0.25, 0.3) is 0 Å². The molecule has 1 aliphatic rings. The molecule has 0 fully saturated rings. The predicted octanol–water partition coefficient (Wildman–Crippen LogP) is 2.21. The average Bonchev–Trinajstić information content (AvgIpc) is 2.27. The Kier molecular flexibility index (Phi) is 3.06. The molecule has 0 aliphatic carbocycles. The van der Waals surface area contributed by atoms with Gasteiger partial charge in [0, 0.05) is 24.2 Å². The summed E-state index contributed by atoms with van der Waals surface area (Å²) in [6.45, 7) is 7.66. The van der Waals surface area contributed by atoms with Crippen LogP contribution in [0.2, 0.25) is 0 Å². The molecule has 1 atom stereocenters. The van der Waals surface area contributed by atoms with E-state index in [9.17, 15) is 5.11 Å². The lowest BCUT2D eigenvalue weighted by Crippen LogP contribution is -2.46. The second-order valence-corrected chi connectivity index (χ2v) is 4.70. The van der Waals surface area contributed by atoms with Gasteiger partial charge in [-0.15, -0.1) is 0 Å². The summed E-state index contributed by atoms with van der Waals surface area (Å²) in [5.41, 5.74) is 3.28. The van der Waals surface area contributed by atoms with Crippen molar-refractivity contribution in [2.45, 2.75) is 39.5 Å². The van der Waals surface area contributed by atoms with Gasteiger partial charge in [0.25, 0.3) is 0 Å². The van der Waals surface area contributed by atoms with Gasteiger partial charge in [-0.3, -0.25) is 0 Å². The van der Waals surface area contributed by atoms with Gasteiger partial charge in [-0.2, -0.15) is 0 Å². The second kappa shape index (κ2) is 4.34. The van der Waals surface area contributed by atoms with Crippen LogP contribution in [0.3, 0.4) is 0 Å². The molecule has 1 aliphatic heterocycles. The number of nitrogens with zero attached hydrogens (tertiary/aromatic N) is 1. The lowest BCUT2D eigenvalue weighted by Gasteiger charge is -2.41. The van der Waals surface area contributed by atoms with Gasteiger partial charge >= 0.3 is 0 Å². The summed E-state index contributed by atoms with van der Waals surface area (Å²) in [6, 6.07) is 7.07. The molecule has 3 nitrogen and oxygen atoms in total. The van der Waals surface area contributed by atoms with Crippen LogP contribution < -0.4 is 10.2 Å². The van der Waals surface area contributed by atoms with Gasteiger partial charge in [-0.05, 0) is 26.8 Å². The first kappa shape index (κ1) is 11.3. The molecule has 0 saturated heterocycles. The first-order valence-corrected chi connectivity index (χ1v) is 5.90. The SMILES string of the molecule is CC(C)N1c2cccc(CO)c2NCC1C. The quantitative estimate of drug-likeness (QED) is 0.802. The molecule has 0 amide bonds. The Hall–Kier alpha value is -1.22. The van der Waals surface area contributed by atoms with E-state index in [1.54, 1.807) is 0 Å². The minimum atomic E-state index is 0.0937. The topological polar surface area (TPSA) is 35.5 Å². The maximum absolute atomic E-state index is 9.33. The zero-order valence-corrected chi connectivity index (χ0v) is 10.2. The van der Waals surface area contributed by atoms with E-state index in [1.807, 2.05) is 12.1 Å². The molecule has 88 valence electrons. The number of rotatable bonds is 2. The molecular weight excluding hydrogens is 200 g/mol. The normalized spacial score (nSPS) is 19.6. The van der Waals surface area contributed by atoms with Crippen molar-refractivity contribution in [1.82, 2.24) is 0 Å². The van der Waals surface area contributed by atoms with Crippen LogP contribution in [0, 0.1) is 0 Å². The maximum atomic E-state index is 9.33. The molecule has 0 radical (unpaired) electrons. The Balaban J connectivity index is 2.48. The molecule has 0 saturated carbocycles. The Labute approximate surface area is 97.1 Å². The number of aliphatic hydroxyl groups excluding tert-OH is 1. The van der Waals surface area contributed by atoms with Crippen LogP contribution in [0.1, 0.15) is 26.3 Å². The Bertz CT molecular complexity index is 376. The fraction of sp³-hybridized carbons (Fsp3) is 0.538. The molecule has 1 unspecified atom stereocenters. The number of hydrogen-bond acceptors (Lipinski definition) is 3. The van der Waals surface area contributed by atoms with Crippen LogP contribution >= 0.6 is 0 Å². The van der Waals surface area contributed by atoms with Gasteiger partial charge in [0.05, 0.1) is 18.0 Å². The zero-order chi connectivity index (χ0) is 11.7. The van der Waals surface area contributed by atoms with Crippen molar-refractivity contribution in [1.29, 1.82) is 0 Å². The van der Waals surface area contributed by atoms with E-state index in [4.69, 9.17) is 0 Å². The van der Waals surface area contributed by atoms with Crippen molar-refractivity contribution in [2.75, 3.05) is 16.8 Å². The van der Waals surface area contributed by atoms with Gasteiger partial charge in [-0.25, -0.2) is 0 Å². The van der Waals surface area contributed by atoms with Gasteiger partial charge in [0.2, 0.25) is 0 Å². The van der Waals surface area contributed by atoms with Crippen molar-refractivity contribution < 1.29 is 5.11 Å². The Morgan fingerprint density at radius 1 is 1.50 bits per heavy atom. The smallest absolute Gasteiger partial charge is 0.0702 e. The van der Waals surface area contributed by atoms with E-state index < -0.39 is 0 Å². The third kappa shape index (κ3) is 1.76. The first-order chi connectivity index (χ1) is 7.65. The van der Waals surface area contributed by atoms with Crippen molar-refractivity contribution in [3.05, 3.63) is 23.8 Å². The highest BCUT2D eigenvalue weighted by molar-refractivity contribution is 5.76. The van der Waals surface area contributed by atoms with Gasteiger partial charge < -0.3 is 15.3 Å². The molecule has 2 N–H and O–H groups in total. The summed E-state index contributed by atoms with van der Waals surface area (Å²) >= 11 is 0. The highest BCUT2D eigenvalue weighted by Crippen LogP contribution is 2.35. The number of hydrogen-bond donors (Lipinski definition) is 2. The Morgan fingerprint density at radius 2 is 2.25 bits per heavy atom. The molecule has 1 aromatic rings. The number of aliphatic hydroxyl groups is 1. The van der Waals surface area contributed by atoms with Gasteiger partial charge in [0.1, 0.15) is 0 Å². The number of benzene rings is 1. The predicted molar refractivity (Wildman–Crippen MR) is 67.9 cm³/mol. The van der Waals surface area contributed by atoms with E-state index in [0.717, 1.165) is 17.8 Å². The highest BCUT2D eigenvalue weighted by atomic mass is 16.3. The van der Waals surface area contributed by atoms with Crippen LogP contribution in [0.15, 0.2) is 18.2 Å². The molecular formula is C13H20N2O. The van der Waals surface area contributed by atoms with Crippen molar-refractivity contribution in [3.8, 4) is 0 Å². The van der Waals surface area contributed by atoms with Gasteiger partial charge in [-0.1, -0.05) is 12.1 Å². The fourth-order valence-electron chi connectivity index (χ4n) is 2.51. The van der Waals surface area contributed by atoms with Gasteiger partial charge in [0.15, 0.2) is 0 Å². The first-order valence-electron chi connectivity index (χ1n) is 5.90. The molecule has 1 heterocycles. The lowest BCUT2D eigenvalue weighted by molar-refractivity contribution is 0.282. The van der Waals surface area contributed by atoms with E-state index in [0.29, 0.717) is 12.1 Å². The summed E-state index contributed by atoms with van der Waals surface area (Å²) < 4.78 is 0. The number of anilines is 2. The summed E-state index contributed by atoms with van der Waals surface area (Å²) in [4.78, 5) is 2.41. The zero-order valence-electron chi connectivity index (χ0n) is 10.2. The number of nitrogens with one attached hydrogen (secondary N) is 1. The Morgan fingerprint density at radius 3 is 2.88 bits per heavy atom. The van der Waals surface area contributed by atoms with Crippen LogP contribution in [-0.4, -0.2) is 23.7 Å². The van der Waals surface area contributed by atoms with E-state index in [-0.39, 0.29) is 6.61 Å². The minimum Gasteiger partial charge on any atom is -0.392 e. The van der Waals surface area contributed by atoms with E-state index >= 15 is 0 Å². The minimum absolute atomic E-state index is 0.0937. The van der Waals surface area contributed by atoms with E-state index in [2.05, 4.69) is 37.1 Å². The van der Waals surface area contributed by atoms with Crippen LogP contribution in [-0.2, 0) is 6.61 Å². The lowest BCUT2D eigenvalue weighted by atomic mass is 10.0. The number of para-hydroxylation sites is 1. The number of fused-ring (bicyclic) bond motifs is 1.